The summed E-state index contributed by atoms with van der Waals surface area (Å²) in [6.45, 7) is 1.06. The van der Waals surface area contributed by atoms with Crippen molar-refractivity contribution >= 4 is 0 Å². The molecule has 0 aliphatic rings. The Labute approximate surface area is 185 Å². The number of aromatic nitrogens is 4. The number of aliphatic hydroxyl groups is 1. The van der Waals surface area contributed by atoms with Crippen molar-refractivity contribution in [2.24, 2.45) is 0 Å². The molecule has 0 amide bonds. The summed E-state index contributed by atoms with van der Waals surface area (Å²) in [5.41, 5.74) is -1.80. The molecular formula is C22H18F4N4O3. The van der Waals surface area contributed by atoms with Crippen molar-refractivity contribution in [3.05, 3.63) is 89.7 Å². The second-order valence-corrected chi connectivity index (χ2v) is 7.43. The first-order valence-electron chi connectivity index (χ1n) is 9.78. The number of halogens is 4. The molecule has 0 spiro atoms. The van der Waals surface area contributed by atoms with Crippen LogP contribution >= 0.6 is 0 Å². The molecule has 172 valence electrons. The fraction of sp³-hybridized carbons (Fsp3) is 0.227. The molecule has 0 unspecified atom stereocenters. The average Bonchev–Trinajstić information content (AvgIpc) is 3.43. The van der Waals surface area contributed by atoms with Crippen LogP contribution in [-0.4, -0.2) is 31.1 Å². The normalized spacial score (nSPS) is 14.2. The molecule has 33 heavy (non-hydrogen) atoms. The van der Waals surface area contributed by atoms with E-state index < -0.39 is 35.0 Å². The van der Waals surface area contributed by atoms with Crippen LogP contribution in [-0.2, 0) is 23.5 Å². The van der Waals surface area contributed by atoms with E-state index in [-0.39, 0.29) is 35.7 Å². The highest BCUT2D eigenvalue weighted by Gasteiger charge is 2.40. The fourth-order valence-corrected chi connectivity index (χ4v) is 3.40. The monoisotopic (exact) mass is 462 g/mol. The Morgan fingerprint density at radius 3 is 2.48 bits per heavy atom. The van der Waals surface area contributed by atoms with Gasteiger partial charge in [0.05, 0.1) is 12.6 Å². The Morgan fingerprint density at radius 2 is 1.82 bits per heavy atom. The van der Waals surface area contributed by atoms with Crippen molar-refractivity contribution < 1.29 is 31.9 Å². The first-order chi connectivity index (χ1) is 15.7. The molecule has 0 saturated heterocycles. The lowest BCUT2D eigenvalue weighted by Gasteiger charge is -2.34. The van der Waals surface area contributed by atoms with Gasteiger partial charge in [-0.1, -0.05) is 11.2 Å². The van der Waals surface area contributed by atoms with Gasteiger partial charge in [0.15, 0.2) is 5.76 Å². The van der Waals surface area contributed by atoms with Crippen LogP contribution in [0.15, 0.2) is 59.6 Å². The first kappa shape index (κ1) is 22.6. The van der Waals surface area contributed by atoms with Crippen LogP contribution in [0.4, 0.5) is 17.6 Å². The van der Waals surface area contributed by atoms with Gasteiger partial charge in [-0.25, -0.2) is 27.2 Å². The fourth-order valence-electron chi connectivity index (χ4n) is 3.40. The van der Waals surface area contributed by atoms with E-state index in [4.69, 9.17) is 9.26 Å². The largest absolute Gasteiger partial charge is 0.380 e. The lowest BCUT2D eigenvalue weighted by atomic mass is 9.88. The number of nitrogens with zero attached hydrogens (tertiary/aromatic N) is 4. The highest BCUT2D eigenvalue weighted by atomic mass is 19.1. The van der Waals surface area contributed by atoms with Crippen LogP contribution in [0.3, 0.4) is 0 Å². The van der Waals surface area contributed by atoms with Crippen LogP contribution < -0.4 is 0 Å². The Morgan fingerprint density at radius 1 is 1.06 bits per heavy atom. The summed E-state index contributed by atoms with van der Waals surface area (Å²) < 4.78 is 67.1. The molecule has 2 aromatic heterocycles. The third kappa shape index (κ3) is 4.94. The molecule has 2 atom stereocenters. The summed E-state index contributed by atoms with van der Waals surface area (Å²) in [7, 11) is 0. The minimum absolute atomic E-state index is 0.173. The van der Waals surface area contributed by atoms with Crippen LogP contribution in [0.2, 0.25) is 0 Å². The highest BCUT2D eigenvalue weighted by molar-refractivity contribution is 5.58. The van der Waals surface area contributed by atoms with Gasteiger partial charge in [0, 0.05) is 29.3 Å². The maximum absolute atomic E-state index is 14.6. The molecule has 0 bridgehead atoms. The van der Waals surface area contributed by atoms with E-state index in [0.717, 1.165) is 30.3 Å². The van der Waals surface area contributed by atoms with E-state index in [9.17, 15) is 22.7 Å². The van der Waals surface area contributed by atoms with Crippen molar-refractivity contribution in [1.82, 2.24) is 19.9 Å². The van der Waals surface area contributed by atoms with Gasteiger partial charge in [-0.15, -0.1) is 0 Å². The summed E-state index contributed by atoms with van der Waals surface area (Å²) in [5.74, 6) is -3.08. The number of rotatable bonds is 8. The molecule has 11 heteroatoms. The lowest BCUT2D eigenvalue weighted by Crippen LogP contribution is -2.44. The molecule has 2 aromatic carbocycles. The van der Waals surface area contributed by atoms with Gasteiger partial charge in [-0.3, -0.25) is 0 Å². The summed E-state index contributed by atoms with van der Waals surface area (Å²) in [4.78, 5) is 3.80. The molecule has 2 heterocycles. The third-order valence-electron chi connectivity index (χ3n) is 5.13. The van der Waals surface area contributed by atoms with Crippen LogP contribution in [0, 0.1) is 23.3 Å². The lowest BCUT2D eigenvalue weighted by molar-refractivity contribution is -0.126. The predicted molar refractivity (Wildman–Crippen MR) is 106 cm³/mol. The number of ether oxygens (including phenoxy) is 1. The summed E-state index contributed by atoms with van der Waals surface area (Å²) >= 11 is 0. The van der Waals surface area contributed by atoms with Gasteiger partial charge in [-0.2, -0.15) is 5.10 Å². The Balaban J connectivity index is 1.55. The third-order valence-corrected chi connectivity index (χ3v) is 5.13. The zero-order chi connectivity index (χ0) is 23.6. The second-order valence-electron chi connectivity index (χ2n) is 7.43. The topological polar surface area (TPSA) is 86.2 Å². The van der Waals surface area contributed by atoms with E-state index in [2.05, 4.69) is 15.2 Å². The van der Waals surface area contributed by atoms with Crippen molar-refractivity contribution in [3.8, 4) is 11.3 Å². The van der Waals surface area contributed by atoms with E-state index in [1.807, 2.05) is 0 Å². The minimum Gasteiger partial charge on any atom is -0.380 e. The number of hydrogen-bond acceptors (Lipinski definition) is 6. The molecule has 7 nitrogen and oxygen atoms in total. The standard InChI is InChI=1S/C22H18F4N4O3/c1-13(32-9-18-8-21(29-33-18)14-4-16(24)6-17(25)5-14)22(31,10-30-12-27-11-28-30)19-3-2-15(23)7-20(19)26/h2-8,11-13,31H,9-10H2,1H3/t13-,22-/m1/s1. The Bertz CT molecular complexity index is 1230. The van der Waals surface area contributed by atoms with Gasteiger partial charge >= 0.3 is 0 Å². The number of hydrogen-bond donors (Lipinski definition) is 1. The molecule has 0 aliphatic carbocycles. The van der Waals surface area contributed by atoms with E-state index in [1.165, 1.54) is 30.3 Å². The van der Waals surface area contributed by atoms with E-state index >= 15 is 0 Å². The van der Waals surface area contributed by atoms with E-state index in [1.54, 1.807) is 0 Å². The van der Waals surface area contributed by atoms with Crippen molar-refractivity contribution in [2.75, 3.05) is 0 Å². The molecule has 4 aromatic rings. The quantitative estimate of drug-likeness (QED) is 0.399. The average molecular weight is 462 g/mol. The molecule has 0 aliphatic heterocycles. The van der Waals surface area contributed by atoms with Crippen LogP contribution in [0.1, 0.15) is 18.2 Å². The second kappa shape index (κ2) is 9.12. The molecule has 0 radical (unpaired) electrons. The number of benzene rings is 2. The first-order valence-corrected chi connectivity index (χ1v) is 9.78. The summed E-state index contributed by atoms with van der Waals surface area (Å²) in [6, 6.07) is 7.18. The van der Waals surface area contributed by atoms with Crippen LogP contribution in [0.25, 0.3) is 11.3 Å². The smallest absolute Gasteiger partial charge is 0.163 e. The van der Waals surface area contributed by atoms with Gasteiger partial charge in [0.1, 0.15) is 53.8 Å². The van der Waals surface area contributed by atoms with Crippen molar-refractivity contribution in [2.45, 2.75) is 31.8 Å². The van der Waals surface area contributed by atoms with Gasteiger partial charge < -0.3 is 14.4 Å². The SMILES string of the molecule is C[C@@H](OCc1cc(-c2cc(F)cc(F)c2)no1)[C@](O)(Cn1cncn1)c1ccc(F)cc1F. The molecule has 4 rings (SSSR count). The maximum atomic E-state index is 14.6. The van der Waals surface area contributed by atoms with Crippen molar-refractivity contribution in [1.29, 1.82) is 0 Å². The van der Waals surface area contributed by atoms with Gasteiger partial charge in [0.25, 0.3) is 0 Å². The van der Waals surface area contributed by atoms with Gasteiger partial charge in [-0.05, 0) is 25.1 Å². The predicted octanol–water partition coefficient (Wildman–Crippen LogP) is 3.98. The maximum Gasteiger partial charge on any atom is 0.163 e. The zero-order valence-corrected chi connectivity index (χ0v) is 17.3. The highest BCUT2D eigenvalue weighted by Crippen LogP contribution is 2.32. The van der Waals surface area contributed by atoms with Crippen LogP contribution in [0.5, 0.6) is 0 Å². The molecular weight excluding hydrogens is 444 g/mol. The van der Waals surface area contributed by atoms with E-state index in [0.29, 0.717) is 6.07 Å². The summed E-state index contributed by atoms with van der Waals surface area (Å²) in [6.07, 6.45) is 1.54. The Hall–Kier alpha value is -3.57. The Kier molecular flexibility index (Phi) is 6.25. The minimum atomic E-state index is -1.96. The summed E-state index contributed by atoms with van der Waals surface area (Å²) in [5, 5.41) is 19.1. The molecule has 1 N–H and O–H groups in total. The molecule has 0 fully saturated rings. The zero-order valence-electron chi connectivity index (χ0n) is 17.3. The van der Waals surface area contributed by atoms with Gasteiger partial charge in [0.2, 0.25) is 0 Å². The van der Waals surface area contributed by atoms with Crippen molar-refractivity contribution in [3.63, 3.8) is 0 Å². The molecule has 0 saturated carbocycles.